The first kappa shape index (κ1) is 15.4. The Morgan fingerprint density at radius 3 is 2.27 bits per heavy atom. The van der Waals surface area contributed by atoms with Gasteiger partial charge in [-0.05, 0) is 42.4 Å². The minimum atomic E-state index is -0.386. The summed E-state index contributed by atoms with van der Waals surface area (Å²) in [6, 6.07) is 22.0. The van der Waals surface area contributed by atoms with Crippen molar-refractivity contribution >= 4 is 11.7 Å². The van der Waals surface area contributed by atoms with E-state index in [1.807, 2.05) is 60.8 Å². The van der Waals surface area contributed by atoms with E-state index in [1.165, 1.54) is 6.42 Å². The van der Waals surface area contributed by atoms with Crippen molar-refractivity contribution in [3.63, 3.8) is 0 Å². The van der Waals surface area contributed by atoms with Crippen LogP contribution in [0.5, 0.6) is 0 Å². The van der Waals surface area contributed by atoms with Crippen molar-refractivity contribution in [1.82, 2.24) is 9.78 Å². The number of hydrogen-bond acceptors (Lipinski definition) is 2. The lowest BCUT2D eigenvalue weighted by Crippen LogP contribution is -2.36. The van der Waals surface area contributed by atoms with Crippen LogP contribution in [0.3, 0.4) is 0 Å². The van der Waals surface area contributed by atoms with Crippen LogP contribution in [0.1, 0.15) is 31.2 Å². The summed E-state index contributed by atoms with van der Waals surface area (Å²) >= 11 is 0. The minimum absolute atomic E-state index is 0.0849. The maximum Gasteiger partial charge on any atom is 0.236 e. The van der Waals surface area contributed by atoms with Crippen LogP contribution < -0.4 is 5.32 Å². The maximum absolute atomic E-state index is 13.3. The highest BCUT2D eigenvalue weighted by molar-refractivity contribution is 6.02. The van der Waals surface area contributed by atoms with Crippen molar-refractivity contribution < 1.29 is 4.79 Å². The van der Waals surface area contributed by atoms with Crippen LogP contribution in [-0.2, 0) is 10.2 Å². The van der Waals surface area contributed by atoms with Crippen LogP contribution in [0.15, 0.2) is 72.9 Å². The van der Waals surface area contributed by atoms with E-state index in [0.717, 1.165) is 30.5 Å². The summed E-state index contributed by atoms with van der Waals surface area (Å²) in [6.07, 6.45) is 6.35. The number of nitrogens with zero attached hydrogens (tertiary/aromatic N) is 2. The number of carbonyl (C=O) groups excluding carboxylic acids is 1. The molecule has 5 rings (SSSR count). The zero-order chi connectivity index (χ0) is 17.6. The van der Waals surface area contributed by atoms with Gasteiger partial charge in [0.15, 0.2) is 5.82 Å². The fraction of sp³-hybridized carbons (Fsp3) is 0.273. The first-order valence-corrected chi connectivity index (χ1v) is 9.22. The minimum Gasteiger partial charge on any atom is -0.308 e. The highest BCUT2D eigenvalue weighted by atomic mass is 16.2. The standard InChI is InChI=1S/C22H21N3O/c26-20(23-19-12-15-25(24-19)18-10-5-2-6-11-18)22(16-21(22)13-7-14-21)17-8-3-1-4-9-17/h1-6,8-12,15H,7,13-14,16H2,(H,23,24,26)/t22-/m0/s1. The Morgan fingerprint density at radius 2 is 1.65 bits per heavy atom. The van der Waals surface area contributed by atoms with Gasteiger partial charge >= 0.3 is 0 Å². The molecule has 26 heavy (non-hydrogen) atoms. The fourth-order valence-corrected chi connectivity index (χ4v) is 4.59. The van der Waals surface area contributed by atoms with Gasteiger partial charge in [0, 0.05) is 12.3 Å². The Balaban J connectivity index is 1.42. The number of nitrogens with one attached hydrogen (secondary N) is 1. The third-order valence-corrected chi connectivity index (χ3v) is 6.20. The third kappa shape index (κ3) is 2.15. The maximum atomic E-state index is 13.3. The molecule has 4 heteroatoms. The van der Waals surface area contributed by atoms with Crippen molar-refractivity contribution in [2.24, 2.45) is 5.41 Å². The van der Waals surface area contributed by atoms with E-state index in [2.05, 4.69) is 22.5 Å². The molecule has 2 fully saturated rings. The van der Waals surface area contributed by atoms with E-state index < -0.39 is 0 Å². The molecule has 1 heterocycles. The molecule has 1 spiro atoms. The van der Waals surface area contributed by atoms with E-state index in [0.29, 0.717) is 5.82 Å². The Kier molecular flexibility index (Phi) is 3.29. The molecule has 0 saturated heterocycles. The average Bonchev–Trinajstić information content (AvgIpc) is 3.21. The van der Waals surface area contributed by atoms with Gasteiger partial charge in [0.2, 0.25) is 5.91 Å². The van der Waals surface area contributed by atoms with Gasteiger partial charge < -0.3 is 5.32 Å². The van der Waals surface area contributed by atoms with Crippen molar-refractivity contribution in [2.75, 3.05) is 5.32 Å². The quantitative estimate of drug-likeness (QED) is 0.767. The number of amides is 1. The Labute approximate surface area is 152 Å². The van der Waals surface area contributed by atoms with Crippen LogP contribution in [0.4, 0.5) is 5.82 Å². The van der Waals surface area contributed by atoms with Crippen molar-refractivity contribution in [1.29, 1.82) is 0 Å². The predicted octanol–water partition coefficient (Wildman–Crippen LogP) is 4.32. The molecule has 1 atom stereocenters. The smallest absolute Gasteiger partial charge is 0.236 e. The molecule has 1 amide bonds. The highest BCUT2D eigenvalue weighted by Crippen LogP contribution is 2.74. The summed E-state index contributed by atoms with van der Waals surface area (Å²) in [4.78, 5) is 13.3. The number of carbonyl (C=O) groups is 1. The molecule has 4 nitrogen and oxygen atoms in total. The van der Waals surface area contributed by atoms with Gasteiger partial charge in [-0.25, -0.2) is 4.68 Å². The lowest BCUT2D eigenvalue weighted by molar-refractivity contribution is -0.120. The molecular weight excluding hydrogens is 322 g/mol. The second kappa shape index (κ2) is 5.56. The van der Waals surface area contributed by atoms with Crippen LogP contribution in [0.25, 0.3) is 5.69 Å². The van der Waals surface area contributed by atoms with Gasteiger partial charge in [-0.3, -0.25) is 4.79 Å². The van der Waals surface area contributed by atoms with Crippen LogP contribution in [0.2, 0.25) is 0 Å². The molecule has 3 aromatic rings. The van der Waals surface area contributed by atoms with Gasteiger partial charge in [-0.2, -0.15) is 5.10 Å². The largest absolute Gasteiger partial charge is 0.308 e. The predicted molar refractivity (Wildman–Crippen MR) is 101 cm³/mol. The lowest BCUT2D eigenvalue weighted by atomic mass is 9.72. The van der Waals surface area contributed by atoms with E-state index >= 15 is 0 Å². The number of anilines is 1. The SMILES string of the molecule is O=C(Nc1ccn(-c2ccccc2)n1)[C@@]1(c2ccccc2)CC12CCC2. The number of para-hydroxylation sites is 1. The summed E-state index contributed by atoms with van der Waals surface area (Å²) in [5.74, 6) is 0.692. The first-order chi connectivity index (χ1) is 12.7. The average molecular weight is 343 g/mol. The summed E-state index contributed by atoms with van der Waals surface area (Å²) in [5, 5.41) is 7.62. The first-order valence-electron chi connectivity index (χ1n) is 9.22. The van der Waals surface area contributed by atoms with E-state index in [9.17, 15) is 4.79 Å². The molecule has 0 unspecified atom stereocenters. The second-order valence-corrected chi connectivity index (χ2v) is 7.52. The van der Waals surface area contributed by atoms with Crippen LogP contribution >= 0.6 is 0 Å². The van der Waals surface area contributed by atoms with Gasteiger partial charge in [-0.15, -0.1) is 0 Å². The number of benzene rings is 2. The number of rotatable bonds is 4. The number of hydrogen-bond donors (Lipinski definition) is 1. The molecule has 2 aliphatic rings. The van der Waals surface area contributed by atoms with Crippen LogP contribution in [-0.4, -0.2) is 15.7 Å². The second-order valence-electron chi connectivity index (χ2n) is 7.52. The summed E-state index contributed by atoms with van der Waals surface area (Å²) < 4.78 is 1.79. The van der Waals surface area contributed by atoms with Gasteiger partial charge in [0.05, 0.1) is 11.1 Å². The Bertz CT molecular complexity index is 944. The zero-order valence-corrected chi connectivity index (χ0v) is 14.6. The normalized spacial score (nSPS) is 22.6. The van der Waals surface area contributed by atoms with Gasteiger partial charge in [0.25, 0.3) is 0 Å². The van der Waals surface area contributed by atoms with Crippen molar-refractivity contribution in [3.05, 3.63) is 78.5 Å². The molecule has 130 valence electrons. The molecule has 0 bridgehead atoms. The number of aromatic nitrogens is 2. The van der Waals surface area contributed by atoms with E-state index in [-0.39, 0.29) is 16.7 Å². The van der Waals surface area contributed by atoms with Gasteiger partial charge in [-0.1, -0.05) is 55.0 Å². The molecule has 0 aliphatic heterocycles. The molecular formula is C22H21N3O. The summed E-state index contributed by atoms with van der Waals surface area (Å²) in [5.41, 5.74) is 1.90. The van der Waals surface area contributed by atoms with Crippen molar-refractivity contribution in [3.8, 4) is 5.69 Å². The Hall–Kier alpha value is -2.88. The third-order valence-electron chi connectivity index (χ3n) is 6.20. The molecule has 0 radical (unpaired) electrons. The van der Waals surface area contributed by atoms with Gasteiger partial charge in [0.1, 0.15) is 0 Å². The van der Waals surface area contributed by atoms with E-state index in [1.54, 1.807) is 4.68 Å². The monoisotopic (exact) mass is 343 g/mol. The molecule has 2 saturated carbocycles. The summed E-state index contributed by atoms with van der Waals surface area (Å²) in [6.45, 7) is 0. The van der Waals surface area contributed by atoms with Crippen molar-refractivity contribution in [2.45, 2.75) is 31.1 Å². The molecule has 2 aromatic carbocycles. The lowest BCUT2D eigenvalue weighted by Gasteiger charge is -2.32. The molecule has 1 aromatic heterocycles. The molecule has 2 aliphatic carbocycles. The zero-order valence-electron chi connectivity index (χ0n) is 14.6. The van der Waals surface area contributed by atoms with Crippen LogP contribution in [0, 0.1) is 5.41 Å². The Morgan fingerprint density at radius 1 is 0.962 bits per heavy atom. The topological polar surface area (TPSA) is 46.9 Å². The molecule has 1 N–H and O–H groups in total. The van der Waals surface area contributed by atoms with E-state index in [4.69, 9.17) is 0 Å². The fourth-order valence-electron chi connectivity index (χ4n) is 4.59. The summed E-state index contributed by atoms with van der Waals surface area (Å²) in [7, 11) is 0. The highest BCUT2D eigenvalue weighted by Gasteiger charge is 2.74.